The molecule has 0 amide bonds. The third-order valence-electron chi connectivity index (χ3n) is 1.36. The zero-order chi connectivity index (χ0) is 8.81. The highest BCUT2D eigenvalue weighted by Gasteiger charge is 1.98. The maximum atomic E-state index is 4.08. The van der Waals surface area contributed by atoms with Gasteiger partial charge in [0.05, 0.1) is 0 Å². The lowest BCUT2D eigenvalue weighted by molar-refractivity contribution is 1.13. The quantitative estimate of drug-likeness (QED) is 0.616. The number of aliphatic imine (C=N–C) groups is 1. The van der Waals surface area contributed by atoms with Crippen LogP contribution >= 0.6 is 0 Å². The third-order valence-corrected chi connectivity index (χ3v) is 1.36. The molecule has 0 saturated carbocycles. The number of nitrogens with zero attached hydrogens (tertiary/aromatic N) is 3. The molecule has 0 aliphatic heterocycles. The molecule has 0 aliphatic rings. The van der Waals surface area contributed by atoms with Gasteiger partial charge < -0.3 is 0 Å². The van der Waals surface area contributed by atoms with Gasteiger partial charge in [0.25, 0.3) is 0 Å². The SMILES string of the molecule is CC=CC(=NC)c1ncccn1. The molecule has 0 N–H and O–H groups in total. The Balaban J connectivity index is 2.97. The maximum Gasteiger partial charge on any atom is 0.177 e. The Morgan fingerprint density at radius 1 is 1.42 bits per heavy atom. The van der Waals surface area contributed by atoms with Crippen molar-refractivity contribution in [3.05, 3.63) is 36.4 Å². The molecule has 1 aromatic rings. The zero-order valence-electron chi connectivity index (χ0n) is 7.23. The zero-order valence-corrected chi connectivity index (χ0v) is 7.23. The Morgan fingerprint density at radius 2 is 2.08 bits per heavy atom. The van der Waals surface area contributed by atoms with Crippen molar-refractivity contribution in [3.63, 3.8) is 0 Å². The van der Waals surface area contributed by atoms with Gasteiger partial charge in [-0.1, -0.05) is 6.08 Å². The van der Waals surface area contributed by atoms with Gasteiger partial charge in [0.1, 0.15) is 5.71 Å². The van der Waals surface area contributed by atoms with E-state index in [-0.39, 0.29) is 0 Å². The van der Waals surface area contributed by atoms with E-state index in [2.05, 4.69) is 15.0 Å². The summed E-state index contributed by atoms with van der Waals surface area (Å²) in [6.45, 7) is 1.94. The molecule has 0 unspecified atom stereocenters. The van der Waals surface area contributed by atoms with Crippen molar-refractivity contribution in [2.75, 3.05) is 7.05 Å². The van der Waals surface area contributed by atoms with Crippen LogP contribution in [0.2, 0.25) is 0 Å². The second-order valence-electron chi connectivity index (χ2n) is 2.18. The summed E-state index contributed by atoms with van der Waals surface area (Å²) >= 11 is 0. The highest BCUT2D eigenvalue weighted by atomic mass is 14.9. The summed E-state index contributed by atoms with van der Waals surface area (Å²) in [5.41, 5.74) is 0.804. The highest BCUT2D eigenvalue weighted by Crippen LogP contribution is 1.93. The van der Waals surface area contributed by atoms with Crippen molar-refractivity contribution in [3.8, 4) is 0 Å². The molecule has 1 rings (SSSR count). The average molecular weight is 161 g/mol. The molecule has 1 aromatic heterocycles. The Bertz CT molecular complexity index is 288. The van der Waals surface area contributed by atoms with Gasteiger partial charge in [0.2, 0.25) is 0 Å². The van der Waals surface area contributed by atoms with Gasteiger partial charge >= 0.3 is 0 Å². The number of rotatable bonds is 2. The first-order valence-electron chi connectivity index (χ1n) is 3.75. The summed E-state index contributed by atoms with van der Waals surface area (Å²) in [6.07, 6.45) is 7.21. The van der Waals surface area contributed by atoms with Gasteiger partial charge in [-0.2, -0.15) is 0 Å². The molecular weight excluding hydrogens is 150 g/mol. The summed E-state index contributed by atoms with van der Waals surface area (Å²) in [5, 5.41) is 0. The fraction of sp³-hybridized carbons (Fsp3) is 0.222. The van der Waals surface area contributed by atoms with Crippen LogP contribution in [0.5, 0.6) is 0 Å². The van der Waals surface area contributed by atoms with Crippen LogP contribution in [0.4, 0.5) is 0 Å². The molecule has 1 heterocycles. The van der Waals surface area contributed by atoms with Crippen LogP contribution in [-0.2, 0) is 0 Å². The van der Waals surface area contributed by atoms with E-state index < -0.39 is 0 Å². The molecule has 0 spiro atoms. The van der Waals surface area contributed by atoms with E-state index in [4.69, 9.17) is 0 Å². The second-order valence-corrected chi connectivity index (χ2v) is 2.18. The normalized spacial score (nSPS) is 12.3. The number of aromatic nitrogens is 2. The number of hydrogen-bond donors (Lipinski definition) is 0. The molecule has 12 heavy (non-hydrogen) atoms. The topological polar surface area (TPSA) is 38.1 Å². The van der Waals surface area contributed by atoms with Gasteiger partial charge in [0.15, 0.2) is 5.82 Å². The molecule has 62 valence electrons. The van der Waals surface area contributed by atoms with Gasteiger partial charge in [-0.3, -0.25) is 4.99 Å². The van der Waals surface area contributed by atoms with Crippen LogP contribution in [-0.4, -0.2) is 22.7 Å². The molecule has 0 fully saturated rings. The lowest BCUT2D eigenvalue weighted by atomic mass is 10.3. The van der Waals surface area contributed by atoms with Gasteiger partial charge in [0, 0.05) is 19.4 Å². The van der Waals surface area contributed by atoms with E-state index in [9.17, 15) is 0 Å². The molecule has 3 nitrogen and oxygen atoms in total. The maximum absolute atomic E-state index is 4.08. The highest BCUT2D eigenvalue weighted by molar-refractivity contribution is 6.05. The summed E-state index contributed by atoms with van der Waals surface area (Å²) < 4.78 is 0. The molecule has 0 aromatic carbocycles. The lowest BCUT2D eigenvalue weighted by Gasteiger charge is -1.95. The minimum atomic E-state index is 0.665. The van der Waals surface area contributed by atoms with Gasteiger partial charge in [-0.05, 0) is 19.1 Å². The van der Waals surface area contributed by atoms with Crippen molar-refractivity contribution in [1.82, 2.24) is 9.97 Å². The Kier molecular flexibility index (Phi) is 3.14. The number of allylic oxidation sites excluding steroid dienone is 2. The smallest absolute Gasteiger partial charge is 0.177 e. The monoisotopic (exact) mass is 161 g/mol. The van der Waals surface area contributed by atoms with Crippen LogP contribution in [0.15, 0.2) is 35.6 Å². The molecule has 0 radical (unpaired) electrons. The first-order chi connectivity index (χ1) is 5.88. The van der Waals surface area contributed by atoms with Crippen LogP contribution in [0.25, 0.3) is 0 Å². The summed E-state index contributed by atoms with van der Waals surface area (Å²) in [7, 11) is 1.73. The Labute approximate surface area is 71.9 Å². The van der Waals surface area contributed by atoms with E-state index in [0.717, 1.165) is 5.71 Å². The lowest BCUT2D eigenvalue weighted by Crippen LogP contribution is -2.02. The fourth-order valence-electron chi connectivity index (χ4n) is 0.838. The molecule has 0 atom stereocenters. The van der Waals surface area contributed by atoms with Crippen molar-refractivity contribution >= 4 is 5.71 Å². The van der Waals surface area contributed by atoms with Crippen LogP contribution < -0.4 is 0 Å². The van der Waals surface area contributed by atoms with Crippen LogP contribution in [0, 0.1) is 0 Å². The van der Waals surface area contributed by atoms with Crippen molar-refractivity contribution < 1.29 is 0 Å². The predicted octanol–water partition coefficient (Wildman–Crippen LogP) is 1.47. The third kappa shape index (κ3) is 1.99. The average Bonchev–Trinajstić information content (AvgIpc) is 2.15. The van der Waals surface area contributed by atoms with E-state index in [1.807, 2.05) is 19.1 Å². The Hall–Kier alpha value is -1.51. The van der Waals surface area contributed by atoms with Crippen molar-refractivity contribution in [1.29, 1.82) is 0 Å². The molecule has 0 bridgehead atoms. The standard InChI is InChI=1S/C9H11N3/c1-3-5-8(10-2)9-11-6-4-7-12-9/h3-7H,1-2H3. The minimum Gasteiger partial charge on any atom is -0.285 e. The molecule has 3 heteroatoms. The summed E-state index contributed by atoms with van der Waals surface area (Å²) in [5.74, 6) is 0.665. The van der Waals surface area contributed by atoms with Crippen LogP contribution in [0.3, 0.4) is 0 Å². The van der Waals surface area contributed by atoms with Crippen LogP contribution in [0.1, 0.15) is 12.7 Å². The molecular formula is C9H11N3. The summed E-state index contributed by atoms with van der Waals surface area (Å²) in [6, 6.07) is 1.78. The van der Waals surface area contributed by atoms with Gasteiger partial charge in [-0.15, -0.1) is 0 Å². The Morgan fingerprint density at radius 3 is 2.58 bits per heavy atom. The van der Waals surface area contributed by atoms with E-state index in [1.54, 1.807) is 25.5 Å². The van der Waals surface area contributed by atoms with Crippen molar-refractivity contribution in [2.24, 2.45) is 4.99 Å². The minimum absolute atomic E-state index is 0.665. The van der Waals surface area contributed by atoms with Gasteiger partial charge in [-0.25, -0.2) is 9.97 Å². The molecule has 0 aliphatic carbocycles. The fourth-order valence-corrected chi connectivity index (χ4v) is 0.838. The first-order valence-corrected chi connectivity index (χ1v) is 3.75. The first kappa shape index (κ1) is 8.59. The largest absolute Gasteiger partial charge is 0.285 e. The molecule has 0 saturated heterocycles. The second kappa shape index (κ2) is 4.38. The van der Waals surface area contributed by atoms with E-state index in [0.29, 0.717) is 5.82 Å². The summed E-state index contributed by atoms with van der Waals surface area (Å²) in [4.78, 5) is 12.2. The van der Waals surface area contributed by atoms with E-state index in [1.165, 1.54) is 0 Å². The number of hydrogen-bond acceptors (Lipinski definition) is 3. The predicted molar refractivity (Wildman–Crippen MR) is 49.3 cm³/mol. The van der Waals surface area contributed by atoms with E-state index >= 15 is 0 Å². The van der Waals surface area contributed by atoms with Crippen molar-refractivity contribution in [2.45, 2.75) is 6.92 Å².